The summed E-state index contributed by atoms with van der Waals surface area (Å²) in [7, 11) is 3.29. The molecular weight excluding hydrogens is 372 g/mol. The van der Waals surface area contributed by atoms with E-state index < -0.39 is 17.2 Å². The topological polar surface area (TPSA) is 101 Å². The minimum atomic E-state index is -0.668. The molecule has 0 aliphatic carbocycles. The summed E-state index contributed by atoms with van der Waals surface area (Å²) in [4.78, 5) is 38.3. The maximum atomic E-state index is 13.3. The van der Waals surface area contributed by atoms with Gasteiger partial charge < -0.3 is 15.0 Å². The highest BCUT2D eigenvalue weighted by molar-refractivity contribution is 6.06. The first kappa shape index (κ1) is 18.5. The number of aromatic nitrogens is 3. The Hall–Kier alpha value is -3.81. The summed E-state index contributed by atoms with van der Waals surface area (Å²) < 4.78 is 9.42. The third-order valence-corrected chi connectivity index (χ3v) is 5.06. The molecule has 0 unspecified atom stereocenters. The number of nitrogens with zero attached hydrogens (tertiary/aromatic N) is 3. The zero-order chi connectivity index (χ0) is 20.7. The van der Waals surface area contributed by atoms with E-state index in [2.05, 4.69) is 0 Å². The minimum Gasteiger partial charge on any atom is -0.497 e. The van der Waals surface area contributed by atoms with Crippen molar-refractivity contribution in [1.82, 2.24) is 13.7 Å². The molecule has 0 spiro atoms. The molecule has 4 aromatic rings. The molecule has 8 nitrogen and oxygen atoms in total. The maximum absolute atomic E-state index is 13.3. The molecule has 0 saturated heterocycles. The first-order chi connectivity index (χ1) is 13.9. The van der Waals surface area contributed by atoms with Crippen molar-refractivity contribution >= 4 is 27.8 Å². The Morgan fingerprint density at radius 2 is 1.76 bits per heavy atom. The lowest BCUT2D eigenvalue weighted by atomic mass is 10.2. The second kappa shape index (κ2) is 6.97. The Morgan fingerprint density at radius 3 is 2.41 bits per heavy atom. The van der Waals surface area contributed by atoms with Crippen LogP contribution in [0.5, 0.6) is 5.75 Å². The van der Waals surface area contributed by atoms with E-state index in [1.54, 1.807) is 23.7 Å². The van der Waals surface area contributed by atoms with Crippen LogP contribution in [0.15, 0.2) is 58.1 Å². The van der Waals surface area contributed by atoms with Crippen LogP contribution in [-0.2, 0) is 24.9 Å². The van der Waals surface area contributed by atoms with E-state index in [9.17, 15) is 14.4 Å². The largest absolute Gasteiger partial charge is 0.497 e. The summed E-state index contributed by atoms with van der Waals surface area (Å²) in [6.45, 7) is -0.237. The summed E-state index contributed by atoms with van der Waals surface area (Å²) in [5.74, 6) is -0.0882. The Labute approximate surface area is 165 Å². The first-order valence-electron chi connectivity index (χ1n) is 9.04. The zero-order valence-corrected chi connectivity index (χ0v) is 16.1. The van der Waals surface area contributed by atoms with E-state index in [0.29, 0.717) is 22.2 Å². The molecule has 0 saturated carbocycles. The number of ether oxygens (including phenoxy) is 1. The monoisotopic (exact) mass is 392 g/mol. The van der Waals surface area contributed by atoms with Gasteiger partial charge in [0.1, 0.15) is 17.8 Å². The normalized spacial score (nSPS) is 11.2. The lowest BCUT2D eigenvalue weighted by Crippen LogP contribution is -2.42. The average molecular weight is 392 g/mol. The number of methoxy groups -OCH3 is 1. The molecule has 0 atom stereocenters. The Kier molecular flexibility index (Phi) is 4.46. The van der Waals surface area contributed by atoms with Crippen LogP contribution in [0.2, 0.25) is 0 Å². The van der Waals surface area contributed by atoms with Crippen LogP contribution in [0.25, 0.3) is 21.9 Å². The van der Waals surface area contributed by atoms with Gasteiger partial charge in [-0.1, -0.05) is 30.3 Å². The molecule has 4 rings (SSSR count). The van der Waals surface area contributed by atoms with Crippen LogP contribution in [-0.4, -0.2) is 26.7 Å². The standard InChI is InChI=1S/C21H20N4O4/c1-23-16-9-8-14(29-2)10-15(16)18-19(23)20(27)25(11-13-6-4-3-5-7-13)21(28)24(18)12-17(22)26/h3-10H,11-12H2,1-2H3,(H2,22,26). The molecule has 0 aliphatic rings. The smallest absolute Gasteiger partial charge is 0.332 e. The lowest BCUT2D eigenvalue weighted by molar-refractivity contribution is -0.118. The van der Waals surface area contributed by atoms with E-state index in [4.69, 9.17) is 10.5 Å². The van der Waals surface area contributed by atoms with Crippen LogP contribution < -0.4 is 21.7 Å². The van der Waals surface area contributed by atoms with Gasteiger partial charge in [0.2, 0.25) is 5.91 Å². The lowest BCUT2D eigenvalue weighted by Gasteiger charge is -2.12. The van der Waals surface area contributed by atoms with E-state index in [0.717, 1.165) is 15.6 Å². The molecular formula is C21H20N4O4. The number of carbonyl (C=O) groups is 1. The van der Waals surface area contributed by atoms with Gasteiger partial charge in [0.05, 0.1) is 24.7 Å². The number of aryl methyl sites for hydroxylation is 1. The third-order valence-electron chi connectivity index (χ3n) is 5.06. The van der Waals surface area contributed by atoms with E-state index in [1.165, 1.54) is 11.7 Å². The summed E-state index contributed by atoms with van der Waals surface area (Å²) >= 11 is 0. The van der Waals surface area contributed by atoms with E-state index in [1.807, 2.05) is 36.4 Å². The van der Waals surface area contributed by atoms with Crippen molar-refractivity contribution < 1.29 is 9.53 Å². The maximum Gasteiger partial charge on any atom is 0.332 e. The molecule has 0 aliphatic heterocycles. The molecule has 0 fully saturated rings. The molecule has 8 heteroatoms. The van der Waals surface area contributed by atoms with Crippen molar-refractivity contribution in [3.05, 3.63) is 74.9 Å². The first-order valence-corrected chi connectivity index (χ1v) is 9.04. The fourth-order valence-corrected chi connectivity index (χ4v) is 3.71. The molecule has 1 amide bonds. The van der Waals surface area contributed by atoms with E-state index >= 15 is 0 Å². The van der Waals surface area contributed by atoms with Crippen LogP contribution in [0.3, 0.4) is 0 Å². The SMILES string of the molecule is COc1ccc2c(c1)c1c(c(=O)n(Cc3ccccc3)c(=O)n1CC(N)=O)n2C. The number of amides is 1. The third kappa shape index (κ3) is 2.98. The summed E-state index contributed by atoms with van der Waals surface area (Å²) in [6.07, 6.45) is 0. The Morgan fingerprint density at radius 1 is 1.03 bits per heavy atom. The second-order valence-electron chi connectivity index (χ2n) is 6.85. The quantitative estimate of drug-likeness (QED) is 0.551. The minimum absolute atomic E-state index is 0.0953. The van der Waals surface area contributed by atoms with Gasteiger partial charge in [-0.25, -0.2) is 4.79 Å². The second-order valence-corrected chi connectivity index (χ2v) is 6.85. The predicted molar refractivity (Wildman–Crippen MR) is 110 cm³/mol. The number of rotatable bonds is 5. The molecule has 2 N–H and O–H groups in total. The molecule has 0 radical (unpaired) electrons. The van der Waals surface area contributed by atoms with Gasteiger partial charge in [-0.2, -0.15) is 0 Å². The molecule has 148 valence electrons. The van der Waals surface area contributed by atoms with Crippen molar-refractivity contribution in [2.45, 2.75) is 13.1 Å². The Balaban J connectivity index is 2.13. The number of fused-ring (bicyclic) bond motifs is 3. The van der Waals surface area contributed by atoms with Crippen molar-refractivity contribution in [1.29, 1.82) is 0 Å². The van der Waals surface area contributed by atoms with Crippen molar-refractivity contribution in [3.63, 3.8) is 0 Å². The number of benzene rings is 2. The summed E-state index contributed by atoms with van der Waals surface area (Å²) in [5.41, 5.74) is 6.65. The number of carbonyl (C=O) groups excluding carboxylic acids is 1. The van der Waals surface area contributed by atoms with Crippen LogP contribution in [0.1, 0.15) is 5.56 Å². The van der Waals surface area contributed by atoms with Crippen LogP contribution >= 0.6 is 0 Å². The molecule has 0 bridgehead atoms. The summed E-state index contributed by atoms with van der Waals surface area (Å²) in [5, 5.41) is 0.643. The molecule has 2 aromatic heterocycles. The number of nitrogens with two attached hydrogens (primary N) is 1. The fourth-order valence-electron chi connectivity index (χ4n) is 3.71. The highest BCUT2D eigenvalue weighted by Gasteiger charge is 2.21. The van der Waals surface area contributed by atoms with Crippen molar-refractivity contribution in [2.24, 2.45) is 12.8 Å². The highest BCUT2D eigenvalue weighted by Crippen LogP contribution is 2.28. The fraction of sp³-hybridized carbons (Fsp3) is 0.190. The Bertz CT molecular complexity index is 1360. The summed E-state index contributed by atoms with van der Waals surface area (Å²) in [6, 6.07) is 14.5. The number of hydrogen-bond donors (Lipinski definition) is 1. The average Bonchev–Trinajstić information content (AvgIpc) is 3.01. The van der Waals surface area contributed by atoms with Gasteiger partial charge in [-0.05, 0) is 23.8 Å². The van der Waals surface area contributed by atoms with Gasteiger partial charge in [-0.3, -0.25) is 18.7 Å². The van der Waals surface area contributed by atoms with Gasteiger partial charge in [-0.15, -0.1) is 0 Å². The molecule has 29 heavy (non-hydrogen) atoms. The van der Waals surface area contributed by atoms with E-state index in [-0.39, 0.29) is 13.1 Å². The van der Waals surface area contributed by atoms with Crippen LogP contribution in [0, 0.1) is 0 Å². The number of hydrogen-bond acceptors (Lipinski definition) is 4. The number of primary amides is 1. The van der Waals surface area contributed by atoms with Gasteiger partial charge in [0, 0.05) is 12.4 Å². The van der Waals surface area contributed by atoms with Gasteiger partial charge >= 0.3 is 5.69 Å². The zero-order valence-electron chi connectivity index (χ0n) is 16.1. The molecule has 2 aromatic carbocycles. The van der Waals surface area contributed by atoms with Crippen molar-refractivity contribution in [2.75, 3.05) is 7.11 Å². The van der Waals surface area contributed by atoms with Crippen LogP contribution in [0.4, 0.5) is 0 Å². The van der Waals surface area contributed by atoms with Gasteiger partial charge in [0.25, 0.3) is 5.56 Å². The van der Waals surface area contributed by atoms with Gasteiger partial charge in [0.15, 0.2) is 0 Å². The molecule has 2 heterocycles. The highest BCUT2D eigenvalue weighted by atomic mass is 16.5. The van der Waals surface area contributed by atoms with Crippen molar-refractivity contribution in [3.8, 4) is 5.75 Å². The predicted octanol–water partition coefficient (Wildman–Crippen LogP) is 1.20.